The largest absolute Gasteiger partial charge is 0.269 e. The summed E-state index contributed by atoms with van der Waals surface area (Å²) in [7, 11) is 4.37. The molecular weight excluding hydrogens is 158 g/mol. The first-order chi connectivity index (χ1) is 6.20. The highest BCUT2D eigenvalue weighted by Crippen LogP contribution is 2.31. The van der Waals surface area contributed by atoms with Gasteiger partial charge in [0.05, 0.1) is 14.1 Å². The van der Waals surface area contributed by atoms with E-state index in [-0.39, 0.29) is 0 Å². The second kappa shape index (κ2) is 3.75. The average molecular weight is 176 g/mol. The molecule has 0 saturated heterocycles. The summed E-state index contributed by atoms with van der Waals surface area (Å²) in [4.78, 5) is 0. The molecule has 0 unspecified atom stereocenters. The van der Waals surface area contributed by atoms with Crippen LogP contribution in [0.4, 0.5) is 5.69 Å². The lowest BCUT2D eigenvalue weighted by Gasteiger charge is -2.20. The van der Waals surface area contributed by atoms with Crippen LogP contribution >= 0.6 is 0 Å². The summed E-state index contributed by atoms with van der Waals surface area (Å²) in [5, 5.41) is 0. The van der Waals surface area contributed by atoms with Crippen LogP contribution in [0.25, 0.3) is 6.08 Å². The van der Waals surface area contributed by atoms with Gasteiger partial charge in [0, 0.05) is 17.7 Å². The molecule has 1 aromatic carbocycles. The predicted octanol–water partition coefficient (Wildman–Crippen LogP) is 3.26. The first-order valence-electron chi connectivity index (χ1n) is 4.83. The molecular formula is C12H18N+. The van der Waals surface area contributed by atoms with Gasteiger partial charge >= 0.3 is 0 Å². The number of quaternary nitrogens is 1. The van der Waals surface area contributed by atoms with Crippen LogP contribution in [-0.4, -0.2) is 14.1 Å². The second-order valence-corrected chi connectivity index (χ2v) is 3.41. The van der Waals surface area contributed by atoms with E-state index in [0.717, 1.165) is 4.48 Å². The van der Waals surface area contributed by atoms with Crippen LogP contribution in [0.3, 0.4) is 0 Å². The van der Waals surface area contributed by atoms with Crippen molar-refractivity contribution in [1.82, 2.24) is 4.48 Å². The third-order valence-electron chi connectivity index (χ3n) is 2.18. The molecule has 1 aliphatic heterocycles. The molecule has 0 bridgehead atoms. The molecule has 13 heavy (non-hydrogen) atoms. The number of nitrogens with zero attached hydrogens (tertiary/aromatic N) is 1. The van der Waals surface area contributed by atoms with E-state index in [9.17, 15) is 0 Å². The smallest absolute Gasteiger partial charge is 0.144 e. The zero-order valence-corrected chi connectivity index (χ0v) is 8.91. The normalized spacial score (nSPS) is 16.0. The monoisotopic (exact) mass is 176 g/mol. The third kappa shape index (κ3) is 1.81. The van der Waals surface area contributed by atoms with E-state index in [4.69, 9.17) is 0 Å². The Morgan fingerprint density at radius 2 is 1.62 bits per heavy atom. The van der Waals surface area contributed by atoms with E-state index >= 15 is 0 Å². The molecule has 1 aromatic rings. The minimum absolute atomic E-state index is 0.871. The third-order valence-corrected chi connectivity index (χ3v) is 2.18. The number of rotatable bonds is 0. The van der Waals surface area contributed by atoms with Gasteiger partial charge in [0.2, 0.25) is 0 Å². The molecule has 0 N–H and O–H groups in total. The van der Waals surface area contributed by atoms with Crippen LogP contribution in [0.15, 0.2) is 30.5 Å². The quantitative estimate of drug-likeness (QED) is 0.532. The first-order valence-corrected chi connectivity index (χ1v) is 4.83. The molecule has 1 heterocycles. The Hall–Kier alpha value is -1.08. The summed E-state index contributed by atoms with van der Waals surface area (Å²) in [6, 6.07) is 8.49. The topological polar surface area (TPSA) is 0 Å². The predicted molar refractivity (Wildman–Crippen MR) is 60.5 cm³/mol. The Morgan fingerprint density at radius 1 is 1.00 bits per heavy atom. The van der Waals surface area contributed by atoms with Crippen LogP contribution < -0.4 is 4.48 Å². The molecule has 0 saturated carbocycles. The maximum Gasteiger partial charge on any atom is 0.144 e. The van der Waals surface area contributed by atoms with E-state index in [2.05, 4.69) is 50.6 Å². The van der Waals surface area contributed by atoms with Crippen LogP contribution in [0.2, 0.25) is 0 Å². The molecule has 1 heteroatoms. The summed E-state index contributed by atoms with van der Waals surface area (Å²) in [6.07, 6.45) is 4.38. The molecule has 0 aliphatic carbocycles. The van der Waals surface area contributed by atoms with Crippen molar-refractivity contribution >= 4 is 11.8 Å². The van der Waals surface area contributed by atoms with Crippen LogP contribution in [-0.2, 0) is 0 Å². The minimum atomic E-state index is 0.871. The van der Waals surface area contributed by atoms with Crippen LogP contribution in [0, 0.1) is 0 Å². The van der Waals surface area contributed by atoms with Gasteiger partial charge in [-0.3, -0.25) is 4.48 Å². The highest BCUT2D eigenvalue weighted by molar-refractivity contribution is 5.72. The average Bonchev–Trinajstić information content (AvgIpc) is 2.47. The summed E-state index contributed by atoms with van der Waals surface area (Å²) in [5.74, 6) is 0. The molecule has 0 amide bonds. The van der Waals surface area contributed by atoms with Crippen molar-refractivity contribution in [3.8, 4) is 0 Å². The lowest BCUT2D eigenvalue weighted by atomic mass is 10.2. The Balaban J connectivity index is 0.000000396. The molecule has 0 spiro atoms. The van der Waals surface area contributed by atoms with E-state index < -0.39 is 0 Å². The SMILES string of the molecule is CC.C[N+]1(C)C=Cc2ccccc21. The fraction of sp³-hybridized carbons (Fsp3) is 0.333. The van der Waals surface area contributed by atoms with E-state index in [1.165, 1.54) is 11.3 Å². The number of para-hydroxylation sites is 1. The van der Waals surface area contributed by atoms with Crippen molar-refractivity contribution in [2.75, 3.05) is 14.1 Å². The lowest BCUT2D eigenvalue weighted by molar-refractivity contribution is 0.551. The Bertz CT molecular complexity index is 311. The van der Waals surface area contributed by atoms with Gasteiger partial charge < -0.3 is 0 Å². The summed E-state index contributed by atoms with van der Waals surface area (Å²) >= 11 is 0. The van der Waals surface area contributed by atoms with Crippen molar-refractivity contribution in [3.63, 3.8) is 0 Å². The zero-order valence-electron chi connectivity index (χ0n) is 8.91. The van der Waals surface area contributed by atoms with Crippen molar-refractivity contribution in [2.24, 2.45) is 0 Å². The summed E-state index contributed by atoms with van der Waals surface area (Å²) < 4.78 is 0.871. The van der Waals surface area contributed by atoms with Crippen LogP contribution in [0.5, 0.6) is 0 Å². The molecule has 70 valence electrons. The molecule has 2 rings (SSSR count). The Kier molecular flexibility index (Phi) is 2.89. The van der Waals surface area contributed by atoms with Gasteiger partial charge in [0.1, 0.15) is 11.9 Å². The highest BCUT2D eigenvalue weighted by atomic mass is 15.3. The first kappa shape index (κ1) is 10.0. The number of hydrogen-bond acceptors (Lipinski definition) is 0. The lowest BCUT2D eigenvalue weighted by Crippen LogP contribution is -2.31. The van der Waals surface area contributed by atoms with Crippen molar-refractivity contribution in [1.29, 1.82) is 0 Å². The minimum Gasteiger partial charge on any atom is -0.269 e. The van der Waals surface area contributed by atoms with E-state index in [0.29, 0.717) is 0 Å². The van der Waals surface area contributed by atoms with Gasteiger partial charge in [-0.1, -0.05) is 26.0 Å². The van der Waals surface area contributed by atoms with Crippen molar-refractivity contribution in [2.45, 2.75) is 13.8 Å². The fourth-order valence-electron chi connectivity index (χ4n) is 1.50. The van der Waals surface area contributed by atoms with Gasteiger partial charge in [0.25, 0.3) is 0 Å². The van der Waals surface area contributed by atoms with Gasteiger partial charge in [-0.15, -0.1) is 0 Å². The zero-order chi connectivity index (χ0) is 9.90. The number of benzene rings is 1. The maximum absolute atomic E-state index is 2.20. The summed E-state index contributed by atoms with van der Waals surface area (Å²) in [6.45, 7) is 4.00. The highest BCUT2D eigenvalue weighted by Gasteiger charge is 2.23. The molecule has 1 nitrogen and oxygen atoms in total. The van der Waals surface area contributed by atoms with E-state index in [1.807, 2.05) is 13.8 Å². The molecule has 0 atom stereocenters. The number of fused-ring (bicyclic) bond motifs is 1. The second-order valence-electron chi connectivity index (χ2n) is 3.41. The van der Waals surface area contributed by atoms with E-state index in [1.54, 1.807) is 0 Å². The van der Waals surface area contributed by atoms with Crippen molar-refractivity contribution < 1.29 is 0 Å². The fourth-order valence-corrected chi connectivity index (χ4v) is 1.50. The van der Waals surface area contributed by atoms with Gasteiger partial charge in [-0.25, -0.2) is 0 Å². The van der Waals surface area contributed by atoms with Gasteiger partial charge in [-0.05, 0) is 6.07 Å². The Labute approximate surface area is 80.9 Å². The Morgan fingerprint density at radius 3 is 2.23 bits per heavy atom. The maximum atomic E-state index is 2.20. The van der Waals surface area contributed by atoms with Crippen molar-refractivity contribution in [3.05, 3.63) is 36.0 Å². The standard InChI is InChI=1S/C10H12N.C2H6/c1-11(2)8-7-9-5-3-4-6-10(9)11;1-2/h3-8H,1-2H3;1-2H3/q+1;. The van der Waals surface area contributed by atoms with Gasteiger partial charge in [0.15, 0.2) is 0 Å². The molecule has 0 aromatic heterocycles. The molecule has 1 aliphatic rings. The number of hydrogen-bond donors (Lipinski definition) is 0. The van der Waals surface area contributed by atoms with Gasteiger partial charge in [-0.2, -0.15) is 0 Å². The molecule has 0 fully saturated rings. The van der Waals surface area contributed by atoms with Crippen LogP contribution in [0.1, 0.15) is 19.4 Å². The molecule has 0 radical (unpaired) electrons. The summed E-state index contributed by atoms with van der Waals surface area (Å²) in [5.41, 5.74) is 2.73.